The zero-order chi connectivity index (χ0) is 12.6. The summed E-state index contributed by atoms with van der Waals surface area (Å²) in [5.41, 5.74) is 7.03. The largest absolute Gasteiger partial charge is 0.480 e. The molecule has 3 N–H and O–H groups in total. The minimum Gasteiger partial charge on any atom is -0.480 e. The molecular weight excluding hydrogens is 246 g/mol. The van der Waals surface area contributed by atoms with E-state index >= 15 is 0 Å². The smallest absolute Gasteiger partial charge is 0.320 e. The van der Waals surface area contributed by atoms with Crippen molar-refractivity contribution in [2.45, 2.75) is 19.4 Å². The molecule has 1 atom stereocenters. The number of aliphatic carboxylic acids is 1. The number of halogens is 1. The summed E-state index contributed by atoms with van der Waals surface area (Å²) in [4.78, 5) is 10.7. The molecule has 0 saturated carbocycles. The van der Waals surface area contributed by atoms with Gasteiger partial charge in [-0.05, 0) is 30.5 Å². The zero-order valence-corrected chi connectivity index (χ0v) is 9.95. The van der Waals surface area contributed by atoms with Crippen LogP contribution in [0.4, 0.5) is 0 Å². The molecule has 0 saturated heterocycles. The highest BCUT2D eigenvalue weighted by atomic mass is 35.5. The van der Waals surface area contributed by atoms with Crippen LogP contribution >= 0.6 is 11.6 Å². The van der Waals surface area contributed by atoms with Crippen molar-refractivity contribution in [3.05, 3.63) is 22.2 Å². The number of carboxylic acids is 1. The number of fused-ring (bicyclic) bond motifs is 1. The molecule has 0 radical (unpaired) electrons. The lowest BCUT2D eigenvalue weighted by molar-refractivity contribution is -0.138. The van der Waals surface area contributed by atoms with E-state index in [2.05, 4.69) is 0 Å². The predicted octanol–water partition coefficient (Wildman–Crippen LogP) is 1.33. The van der Waals surface area contributed by atoms with Gasteiger partial charge in [-0.1, -0.05) is 11.6 Å². The van der Waals surface area contributed by atoms with Crippen LogP contribution in [0.15, 0.2) is 6.07 Å². The molecule has 1 unspecified atom stereocenters. The van der Waals surface area contributed by atoms with Gasteiger partial charge in [0.05, 0.1) is 5.02 Å². The minimum atomic E-state index is -1.04. The lowest BCUT2D eigenvalue weighted by atomic mass is 10.0. The Morgan fingerprint density at radius 1 is 1.65 bits per heavy atom. The highest BCUT2D eigenvalue weighted by molar-refractivity contribution is 6.33. The molecule has 5 nitrogen and oxygen atoms in total. The number of ether oxygens (including phenoxy) is 2. The fourth-order valence-electron chi connectivity index (χ4n) is 1.68. The van der Waals surface area contributed by atoms with E-state index in [1.54, 1.807) is 13.0 Å². The summed E-state index contributed by atoms with van der Waals surface area (Å²) in [5.74, 6) is 0.00295. The molecule has 92 valence electrons. The summed E-state index contributed by atoms with van der Waals surface area (Å²) < 4.78 is 10.4. The maximum Gasteiger partial charge on any atom is 0.320 e. The quantitative estimate of drug-likeness (QED) is 0.854. The highest BCUT2D eigenvalue weighted by Gasteiger charge is 2.23. The Labute approximate surface area is 103 Å². The number of hydrogen-bond acceptors (Lipinski definition) is 4. The summed E-state index contributed by atoms with van der Waals surface area (Å²) in [7, 11) is 0. The van der Waals surface area contributed by atoms with Crippen LogP contribution in [-0.2, 0) is 11.2 Å². The molecule has 0 aliphatic carbocycles. The van der Waals surface area contributed by atoms with Gasteiger partial charge < -0.3 is 20.3 Å². The first-order valence-electron chi connectivity index (χ1n) is 5.06. The van der Waals surface area contributed by atoms with Gasteiger partial charge in [0, 0.05) is 0 Å². The van der Waals surface area contributed by atoms with Crippen molar-refractivity contribution >= 4 is 17.6 Å². The number of benzene rings is 1. The van der Waals surface area contributed by atoms with Gasteiger partial charge >= 0.3 is 5.97 Å². The molecule has 2 rings (SSSR count). The second-order valence-electron chi connectivity index (χ2n) is 3.86. The molecule has 0 amide bonds. The zero-order valence-electron chi connectivity index (χ0n) is 9.20. The topological polar surface area (TPSA) is 81.8 Å². The third-order valence-electron chi connectivity index (χ3n) is 2.71. The van der Waals surface area contributed by atoms with E-state index in [1.165, 1.54) is 0 Å². The lowest BCUT2D eigenvalue weighted by Gasteiger charge is -2.12. The van der Waals surface area contributed by atoms with E-state index in [4.69, 9.17) is 31.9 Å². The molecule has 0 fully saturated rings. The molecule has 0 bridgehead atoms. The van der Waals surface area contributed by atoms with Gasteiger partial charge in [0.1, 0.15) is 6.04 Å². The number of carboxylic acid groups (broad SMARTS) is 1. The van der Waals surface area contributed by atoms with Crippen LogP contribution in [-0.4, -0.2) is 23.9 Å². The molecule has 0 aromatic heterocycles. The number of rotatable bonds is 3. The van der Waals surface area contributed by atoms with Crippen LogP contribution in [0.3, 0.4) is 0 Å². The Morgan fingerprint density at radius 2 is 2.35 bits per heavy atom. The Balaban J connectivity index is 2.36. The molecule has 0 spiro atoms. The monoisotopic (exact) mass is 257 g/mol. The van der Waals surface area contributed by atoms with E-state index < -0.39 is 12.0 Å². The van der Waals surface area contributed by atoms with Crippen molar-refractivity contribution in [3.63, 3.8) is 0 Å². The lowest BCUT2D eigenvalue weighted by Crippen LogP contribution is -2.32. The Morgan fingerprint density at radius 3 is 3.00 bits per heavy atom. The van der Waals surface area contributed by atoms with Crippen molar-refractivity contribution in [2.24, 2.45) is 5.73 Å². The van der Waals surface area contributed by atoms with Gasteiger partial charge in [0.2, 0.25) is 6.79 Å². The van der Waals surface area contributed by atoms with Crippen LogP contribution in [0.25, 0.3) is 0 Å². The maximum absolute atomic E-state index is 10.7. The molecule has 6 heteroatoms. The van der Waals surface area contributed by atoms with Crippen molar-refractivity contribution in [1.29, 1.82) is 0 Å². The fraction of sp³-hybridized carbons (Fsp3) is 0.364. The second kappa shape index (κ2) is 4.43. The van der Waals surface area contributed by atoms with Crippen LogP contribution in [0.1, 0.15) is 11.1 Å². The van der Waals surface area contributed by atoms with Gasteiger partial charge in [-0.3, -0.25) is 4.79 Å². The normalized spacial score (nSPS) is 14.8. The van der Waals surface area contributed by atoms with Gasteiger partial charge in [-0.25, -0.2) is 0 Å². The van der Waals surface area contributed by atoms with Crippen molar-refractivity contribution in [1.82, 2.24) is 0 Å². The predicted molar refractivity (Wildman–Crippen MR) is 61.6 cm³/mol. The van der Waals surface area contributed by atoms with Gasteiger partial charge in [-0.2, -0.15) is 0 Å². The Hall–Kier alpha value is -1.46. The van der Waals surface area contributed by atoms with Crippen molar-refractivity contribution in [2.75, 3.05) is 6.79 Å². The van der Waals surface area contributed by atoms with E-state index in [1.807, 2.05) is 0 Å². The third-order valence-corrected chi connectivity index (χ3v) is 3.17. The molecule has 1 heterocycles. The Bertz CT molecular complexity index is 475. The van der Waals surface area contributed by atoms with Crippen LogP contribution in [0.5, 0.6) is 11.5 Å². The van der Waals surface area contributed by atoms with Gasteiger partial charge in [0.25, 0.3) is 0 Å². The van der Waals surface area contributed by atoms with E-state index in [9.17, 15) is 4.79 Å². The number of carbonyl (C=O) groups is 1. The van der Waals surface area contributed by atoms with E-state index in [-0.39, 0.29) is 13.2 Å². The molecular formula is C11H12ClNO4. The minimum absolute atomic E-state index is 0.128. The molecule has 1 aliphatic heterocycles. The SMILES string of the molecule is Cc1c(CC(N)C(=O)O)cc2c(c1Cl)OCO2. The third kappa shape index (κ3) is 2.16. The maximum atomic E-state index is 10.7. The first-order chi connectivity index (χ1) is 8.00. The van der Waals surface area contributed by atoms with Crippen LogP contribution in [0.2, 0.25) is 5.02 Å². The van der Waals surface area contributed by atoms with E-state index in [0.29, 0.717) is 16.5 Å². The summed E-state index contributed by atoms with van der Waals surface area (Å²) in [5, 5.41) is 9.23. The molecule has 1 aromatic carbocycles. The Kier molecular flexibility index (Phi) is 3.13. The molecule has 17 heavy (non-hydrogen) atoms. The average molecular weight is 258 g/mol. The van der Waals surface area contributed by atoms with Crippen LogP contribution in [0, 0.1) is 6.92 Å². The first-order valence-corrected chi connectivity index (χ1v) is 5.44. The molecule has 1 aliphatic rings. The highest BCUT2D eigenvalue weighted by Crippen LogP contribution is 2.42. The average Bonchev–Trinajstić information content (AvgIpc) is 2.73. The first kappa shape index (κ1) is 12.0. The molecule has 1 aromatic rings. The summed E-state index contributed by atoms with van der Waals surface area (Å²) in [6, 6.07) is 0.775. The second-order valence-corrected chi connectivity index (χ2v) is 4.24. The van der Waals surface area contributed by atoms with Gasteiger partial charge in [0.15, 0.2) is 11.5 Å². The standard InChI is InChI=1S/C11H12ClNO4/c1-5-6(2-7(13)11(14)15)3-8-10(9(5)12)17-4-16-8/h3,7H,2,4,13H2,1H3,(H,14,15). The summed E-state index contributed by atoms with van der Waals surface area (Å²) in [6.45, 7) is 1.93. The summed E-state index contributed by atoms with van der Waals surface area (Å²) >= 11 is 6.11. The van der Waals surface area contributed by atoms with Gasteiger partial charge in [-0.15, -0.1) is 0 Å². The van der Waals surface area contributed by atoms with Crippen LogP contribution < -0.4 is 15.2 Å². The van der Waals surface area contributed by atoms with E-state index in [0.717, 1.165) is 11.1 Å². The number of hydrogen-bond donors (Lipinski definition) is 2. The fourth-order valence-corrected chi connectivity index (χ4v) is 1.95. The van der Waals surface area contributed by atoms with Crippen molar-refractivity contribution < 1.29 is 19.4 Å². The summed E-state index contributed by atoms with van der Waals surface area (Å²) in [6.07, 6.45) is 0.206. The number of nitrogens with two attached hydrogens (primary N) is 1. The van der Waals surface area contributed by atoms with Crippen molar-refractivity contribution in [3.8, 4) is 11.5 Å².